The Balaban J connectivity index is 3.20. The van der Waals surface area contributed by atoms with Crippen LogP contribution in [0.1, 0.15) is 24.1 Å². The second kappa shape index (κ2) is 3.33. The highest BCUT2D eigenvalue weighted by Crippen LogP contribution is 2.32. The van der Waals surface area contributed by atoms with Crippen LogP contribution in [0, 0.1) is 0 Å². The average Bonchev–Trinajstić information content (AvgIpc) is 2.03. The molecular weight excluding hydrogens is 181 g/mol. The van der Waals surface area contributed by atoms with Crippen molar-refractivity contribution in [1.29, 1.82) is 0 Å². The van der Waals surface area contributed by atoms with Gasteiger partial charge < -0.3 is 5.73 Å². The van der Waals surface area contributed by atoms with E-state index in [1.165, 1.54) is 19.2 Å². The van der Waals surface area contributed by atoms with Crippen LogP contribution in [0.3, 0.4) is 0 Å². The minimum absolute atomic E-state index is 0.0718. The summed E-state index contributed by atoms with van der Waals surface area (Å²) in [6, 6.07) is 0.646. The van der Waals surface area contributed by atoms with Crippen LogP contribution in [0.5, 0.6) is 0 Å². The first kappa shape index (κ1) is 9.98. The molecule has 1 rings (SSSR count). The molecular formula is C8H9F3N2. The molecule has 0 fully saturated rings. The Kier molecular flexibility index (Phi) is 2.56. The number of hydrogen-bond acceptors (Lipinski definition) is 2. The lowest BCUT2D eigenvalue weighted by Gasteiger charge is -2.13. The number of hydrogen-bond donors (Lipinski definition) is 1. The quantitative estimate of drug-likeness (QED) is 0.736. The normalized spacial score (nSPS) is 14.2. The average molecular weight is 190 g/mol. The lowest BCUT2D eigenvalue weighted by molar-refractivity contribution is -0.138. The first-order valence-electron chi connectivity index (χ1n) is 3.69. The molecule has 13 heavy (non-hydrogen) atoms. The maximum absolute atomic E-state index is 12.3. The first-order valence-corrected chi connectivity index (χ1v) is 3.69. The molecule has 0 spiro atoms. The molecule has 0 aliphatic heterocycles. The molecule has 2 N–H and O–H groups in total. The van der Waals surface area contributed by atoms with Crippen molar-refractivity contribution in [3.05, 3.63) is 29.6 Å². The molecule has 0 saturated heterocycles. The van der Waals surface area contributed by atoms with Gasteiger partial charge in [0.05, 0.1) is 5.56 Å². The monoisotopic (exact) mass is 190 g/mol. The van der Waals surface area contributed by atoms with Crippen molar-refractivity contribution < 1.29 is 13.2 Å². The van der Waals surface area contributed by atoms with E-state index in [9.17, 15) is 13.2 Å². The van der Waals surface area contributed by atoms with Gasteiger partial charge in [-0.1, -0.05) is 0 Å². The third-order valence-electron chi connectivity index (χ3n) is 1.65. The van der Waals surface area contributed by atoms with E-state index >= 15 is 0 Å². The zero-order chi connectivity index (χ0) is 10.1. The first-order chi connectivity index (χ1) is 5.93. The van der Waals surface area contributed by atoms with E-state index in [4.69, 9.17) is 5.73 Å². The summed E-state index contributed by atoms with van der Waals surface area (Å²) in [5, 5.41) is 0. The van der Waals surface area contributed by atoms with Crippen molar-refractivity contribution >= 4 is 0 Å². The van der Waals surface area contributed by atoms with E-state index in [0.717, 1.165) is 6.20 Å². The summed E-state index contributed by atoms with van der Waals surface area (Å²) in [5.41, 5.74) is 4.70. The fourth-order valence-electron chi connectivity index (χ4n) is 1.04. The number of rotatable bonds is 1. The van der Waals surface area contributed by atoms with Crippen molar-refractivity contribution in [2.75, 3.05) is 0 Å². The second-order valence-corrected chi connectivity index (χ2v) is 2.75. The summed E-state index contributed by atoms with van der Waals surface area (Å²) < 4.78 is 36.9. The number of nitrogens with two attached hydrogens (primary N) is 1. The molecule has 72 valence electrons. The summed E-state index contributed by atoms with van der Waals surface area (Å²) in [5.74, 6) is 0. The maximum atomic E-state index is 12.3. The fraction of sp³-hybridized carbons (Fsp3) is 0.375. The number of pyridine rings is 1. The van der Waals surface area contributed by atoms with Crippen molar-refractivity contribution in [3.63, 3.8) is 0 Å². The minimum Gasteiger partial charge on any atom is -0.324 e. The van der Waals surface area contributed by atoms with Crippen LogP contribution in [-0.4, -0.2) is 4.98 Å². The van der Waals surface area contributed by atoms with Gasteiger partial charge in [0.1, 0.15) is 0 Å². The number of alkyl halides is 3. The number of halogens is 3. The zero-order valence-corrected chi connectivity index (χ0v) is 6.97. The third kappa shape index (κ3) is 2.18. The molecule has 0 saturated carbocycles. The largest absolute Gasteiger partial charge is 0.418 e. The van der Waals surface area contributed by atoms with Crippen molar-refractivity contribution in [2.24, 2.45) is 5.73 Å². The van der Waals surface area contributed by atoms with Crippen LogP contribution in [0.25, 0.3) is 0 Å². The van der Waals surface area contributed by atoms with Crippen molar-refractivity contribution in [3.8, 4) is 0 Å². The molecule has 1 atom stereocenters. The van der Waals surface area contributed by atoms with Gasteiger partial charge in [-0.05, 0) is 18.6 Å². The molecule has 0 aromatic carbocycles. The van der Waals surface area contributed by atoms with Crippen LogP contribution in [0.2, 0.25) is 0 Å². The molecule has 1 aromatic heterocycles. The molecule has 2 nitrogen and oxygen atoms in total. The van der Waals surface area contributed by atoms with Crippen molar-refractivity contribution in [1.82, 2.24) is 4.98 Å². The van der Waals surface area contributed by atoms with E-state index in [-0.39, 0.29) is 5.56 Å². The Morgan fingerprint density at radius 3 is 2.46 bits per heavy atom. The molecule has 0 bridgehead atoms. The Labute approximate surface area is 73.6 Å². The second-order valence-electron chi connectivity index (χ2n) is 2.75. The Hall–Kier alpha value is -1.10. The van der Waals surface area contributed by atoms with Gasteiger partial charge in [0.15, 0.2) is 0 Å². The fourth-order valence-corrected chi connectivity index (χ4v) is 1.04. The highest BCUT2D eigenvalue weighted by Gasteiger charge is 2.34. The maximum Gasteiger partial charge on any atom is 0.418 e. The van der Waals surface area contributed by atoms with Crippen LogP contribution < -0.4 is 5.73 Å². The number of aromatic nitrogens is 1. The van der Waals surface area contributed by atoms with Crippen molar-refractivity contribution in [2.45, 2.75) is 19.1 Å². The van der Waals surface area contributed by atoms with E-state index in [2.05, 4.69) is 4.98 Å². The van der Waals surface area contributed by atoms with Gasteiger partial charge in [-0.3, -0.25) is 4.98 Å². The Morgan fingerprint density at radius 1 is 1.46 bits per heavy atom. The summed E-state index contributed by atoms with van der Waals surface area (Å²) in [7, 11) is 0. The number of nitrogens with zero attached hydrogens (tertiary/aromatic N) is 1. The summed E-state index contributed by atoms with van der Waals surface area (Å²) in [4.78, 5) is 3.42. The molecule has 0 amide bonds. The van der Waals surface area contributed by atoms with E-state index < -0.39 is 17.8 Å². The summed E-state index contributed by atoms with van der Waals surface area (Å²) in [6.45, 7) is 1.50. The van der Waals surface area contributed by atoms with Gasteiger partial charge >= 0.3 is 6.18 Å². The standard InChI is InChI=1S/C8H9F3N2/c1-5(12)6-2-3-13-4-7(6)8(9,10)11/h2-5H,12H2,1H3. The minimum atomic E-state index is -4.38. The molecule has 0 aliphatic carbocycles. The van der Waals surface area contributed by atoms with Crippen LogP contribution in [0.15, 0.2) is 18.5 Å². The van der Waals surface area contributed by atoms with Gasteiger partial charge in [0, 0.05) is 18.4 Å². The molecule has 0 aliphatic rings. The van der Waals surface area contributed by atoms with E-state index in [1.54, 1.807) is 0 Å². The molecule has 5 heteroatoms. The van der Waals surface area contributed by atoms with Gasteiger partial charge in [-0.25, -0.2) is 0 Å². The van der Waals surface area contributed by atoms with Crippen LogP contribution in [-0.2, 0) is 6.18 Å². The zero-order valence-electron chi connectivity index (χ0n) is 6.97. The lowest BCUT2D eigenvalue weighted by atomic mass is 10.0. The summed E-state index contributed by atoms with van der Waals surface area (Å²) in [6.07, 6.45) is -2.29. The van der Waals surface area contributed by atoms with E-state index in [1.807, 2.05) is 0 Å². The van der Waals surface area contributed by atoms with Gasteiger partial charge in [0.2, 0.25) is 0 Å². The topological polar surface area (TPSA) is 38.9 Å². The Morgan fingerprint density at radius 2 is 2.08 bits per heavy atom. The lowest BCUT2D eigenvalue weighted by Crippen LogP contribution is -2.15. The highest BCUT2D eigenvalue weighted by molar-refractivity contribution is 5.28. The predicted molar refractivity (Wildman–Crippen MR) is 41.8 cm³/mol. The molecule has 1 aromatic rings. The van der Waals surface area contributed by atoms with Gasteiger partial charge in [0.25, 0.3) is 0 Å². The SMILES string of the molecule is CC(N)c1ccncc1C(F)(F)F. The molecule has 1 unspecified atom stereocenters. The van der Waals surface area contributed by atoms with Crippen LogP contribution in [0.4, 0.5) is 13.2 Å². The van der Waals surface area contributed by atoms with Crippen LogP contribution >= 0.6 is 0 Å². The Bertz CT molecular complexity index is 294. The highest BCUT2D eigenvalue weighted by atomic mass is 19.4. The third-order valence-corrected chi connectivity index (χ3v) is 1.65. The van der Waals surface area contributed by atoms with Gasteiger partial charge in [-0.15, -0.1) is 0 Å². The predicted octanol–water partition coefficient (Wildman–Crippen LogP) is 2.12. The summed E-state index contributed by atoms with van der Waals surface area (Å²) >= 11 is 0. The smallest absolute Gasteiger partial charge is 0.324 e. The molecule has 0 radical (unpaired) electrons. The molecule has 1 heterocycles. The van der Waals surface area contributed by atoms with Gasteiger partial charge in [-0.2, -0.15) is 13.2 Å². The van der Waals surface area contributed by atoms with E-state index in [0.29, 0.717) is 0 Å².